The monoisotopic (exact) mass is 316 g/mol. The van der Waals surface area contributed by atoms with Gasteiger partial charge in [0.25, 0.3) is 0 Å². The fourth-order valence-electron chi connectivity index (χ4n) is 2.54. The molecule has 0 aliphatic rings. The summed E-state index contributed by atoms with van der Waals surface area (Å²) >= 11 is 0. The molecule has 0 saturated heterocycles. The third-order valence-corrected chi connectivity index (χ3v) is 3.80. The van der Waals surface area contributed by atoms with E-state index >= 15 is 0 Å². The van der Waals surface area contributed by atoms with Gasteiger partial charge in [-0.05, 0) is 35.4 Å². The summed E-state index contributed by atoms with van der Waals surface area (Å²) in [4.78, 5) is 8.68. The Labute approximate surface area is 142 Å². The maximum atomic E-state index is 6.18. The number of hydrogen-bond acceptors (Lipinski definition) is 3. The number of amidine groups is 1. The third kappa shape index (κ3) is 3.60. The Hall–Kier alpha value is -3.14. The van der Waals surface area contributed by atoms with Crippen LogP contribution in [0.15, 0.2) is 77.9 Å². The minimum atomic E-state index is 0.600. The van der Waals surface area contributed by atoms with Crippen molar-refractivity contribution in [2.45, 2.75) is 6.54 Å². The van der Waals surface area contributed by atoms with Crippen LogP contribution in [0.4, 0.5) is 5.69 Å². The van der Waals surface area contributed by atoms with E-state index < -0.39 is 0 Å². The van der Waals surface area contributed by atoms with Crippen LogP contribution in [0.3, 0.4) is 0 Å². The van der Waals surface area contributed by atoms with Gasteiger partial charge in [0.2, 0.25) is 0 Å². The van der Waals surface area contributed by atoms with E-state index in [2.05, 4.69) is 33.5 Å². The van der Waals surface area contributed by atoms with Gasteiger partial charge in [-0.1, -0.05) is 42.5 Å². The first-order chi connectivity index (χ1) is 11.8. The molecule has 0 aliphatic carbocycles. The van der Waals surface area contributed by atoms with Crippen molar-refractivity contribution in [1.29, 1.82) is 0 Å². The van der Waals surface area contributed by atoms with Crippen molar-refractivity contribution < 1.29 is 0 Å². The molecule has 0 saturated carbocycles. The lowest BCUT2D eigenvalue weighted by Gasteiger charge is -2.13. The first-order valence-corrected chi connectivity index (χ1v) is 7.84. The third-order valence-electron chi connectivity index (χ3n) is 3.80. The smallest absolute Gasteiger partial charge is 0.130 e. The summed E-state index contributed by atoms with van der Waals surface area (Å²) in [6, 6.07) is 22.1. The fourth-order valence-corrected chi connectivity index (χ4v) is 2.54. The molecule has 24 heavy (non-hydrogen) atoms. The van der Waals surface area contributed by atoms with Crippen LogP contribution in [-0.2, 0) is 6.54 Å². The van der Waals surface area contributed by atoms with Gasteiger partial charge in [-0.15, -0.1) is 0 Å². The molecule has 0 amide bonds. The molecule has 120 valence electrons. The van der Waals surface area contributed by atoms with Gasteiger partial charge in [-0.3, -0.25) is 9.98 Å². The van der Waals surface area contributed by atoms with Crippen LogP contribution in [0.25, 0.3) is 11.1 Å². The van der Waals surface area contributed by atoms with Crippen LogP contribution in [0, 0.1) is 0 Å². The first-order valence-electron chi connectivity index (χ1n) is 7.84. The molecule has 0 atom stereocenters. The van der Waals surface area contributed by atoms with Crippen LogP contribution in [0.5, 0.6) is 0 Å². The number of aromatic nitrogens is 1. The van der Waals surface area contributed by atoms with Crippen LogP contribution in [-0.4, -0.2) is 17.9 Å². The number of hydrogen-bond donors (Lipinski definition) is 2. The van der Waals surface area contributed by atoms with Gasteiger partial charge in [-0.25, -0.2) is 0 Å². The van der Waals surface area contributed by atoms with Crippen molar-refractivity contribution in [3.05, 3.63) is 84.2 Å². The number of pyridine rings is 1. The molecule has 0 aliphatic heterocycles. The largest absolute Gasteiger partial charge is 0.398 e. The van der Waals surface area contributed by atoms with Crippen LogP contribution < -0.4 is 11.1 Å². The lowest BCUT2D eigenvalue weighted by atomic mass is 10.0. The number of rotatable bonds is 4. The van der Waals surface area contributed by atoms with E-state index in [1.807, 2.05) is 48.5 Å². The van der Waals surface area contributed by atoms with Gasteiger partial charge >= 0.3 is 0 Å². The summed E-state index contributed by atoms with van der Waals surface area (Å²) in [6.45, 7) is 0.600. The van der Waals surface area contributed by atoms with E-state index in [1.165, 1.54) is 0 Å². The SMILES string of the molecule is CN=C(NCc1ccccn1)c1cc(-c2ccccc2)ccc1N. The Morgan fingerprint density at radius 2 is 1.79 bits per heavy atom. The maximum absolute atomic E-state index is 6.18. The highest BCUT2D eigenvalue weighted by Crippen LogP contribution is 2.24. The molecule has 0 radical (unpaired) electrons. The van der Waals surface area contributed by atoms with Gasteiger partial charge in [0.05, 0.1) is 12.2 Å². The number of aliphatic imine (C=N–C) groups is 1. The Balaban J connectivity index is 1.86. The zero-order valence-corrected chi connectivity index (χ0v) is 13.6. The zero-order valence-electron chi connectivity index (χ0n) is 13.6. The summed E-state index contributed by atoms with van der Waals surface area (Å²) in [6.07, 6.45) is 1.78. The quantitative estimate of drug-likeness (QED) is 0.440. The Kier molecular flexibility index (Phi) is 4.87. The lowest BCUT2D eigenvalue weighted by Crippen LogP contribution is -2.25. The summed E-state index contributed by atoms with van der Waals surface area (Å²) in [7, 11) is 1.76. The normalized spacial score (nSPS) is 11.3. The van der Waals surface area contributed by atoms with E-state index in [1.54, 1.807) is 13.2 Å². The summed E-state index contributed by atoms with van der Waals surface area (Å²) in [5.74, 6) is 0.760. The molecule has 3 rings (SSSR count). The topological polar surface area (TPSA) is 63.3 Å². The number of nitrogen functional groups attached to an aromatic ring is 1. The average molecular weight is 316 g/mol. The molecular formula is C20H20N4. The van der Waals surface area contributed by atoms with E-state index in [-0.39, 0.29) is 0 Å². The van der Waals surface area contributed by atoms with Crippen molar-refractivity contribution in [3.8, 4) is 11.1 Å². The molecule has 0 bridgehead atoms. The van der Waals surface area contributed by atoms with Gasteiger partial charge in [0.1, 0.15) is 5.84 Å². The number of nitrogens with two attached hydrogens (primary N) is 1. The summed E-state index contributed by atoms with van der Waals surface area (Å²) in [5, 5.41) is 3.33. The molecule has 3 N–H and O–H groups in total. The number of nitrogens with one attached hydrogen (secondary N) is 1. The summed E-state index contributed by atoms with van der Waals surface area (Å²) in [5.41, 5.74) is 11.0. The Morgan fingerprint density at radius 3 is 2.50 bits per heavy atom. The minimum absolute atomic E-state index is 0.600. The van der Waals surface area contributed by atoms with Gasteiger partial charge in [-0.2, -0.15) is 0 Å². The molecule has 1 heterocycles. The predicted molar refractivity (Wildman–Crippen MR) is 99.8 cm³/mol. The predicted octanol–water partition coefficient (Wildman–Crippen LogP) is 3.50. The lowest BCUT2D eigenvalue weighted by molar-refractivity contribution is 0.872. The van der Waals surface area contributed by atoms with Crippen molar-refractivity contribution in [1.82, 2.24) is 10.3 Å². The molecule has 0 unspecified atom stereocenters. The molecule has 3 aromatic rings. The van der Waals surface area contributed by atoms with Gasteiger partial charge in [0, 0.05) is 24.5 Å². The molecule has 4 heteroatoms. The fraction of sp³-hybridized carbons (Fsp3) is 0.100. The van der Waals surface area contributed by atoms with Gasteiger partial charge < -0.3 is 11.1 Å². The Bertz CT molecular complexity index is 827. The average Bonchev–Trinajstić information content (AvgIpc) is 2.65. The first kappa shape index (κ1) is 15.7. The highest BCUT2D eigenvalue weighted by molar-refractivity contribution is 6.04. The highest BCUT2D eigenvalue weighted by Gasteiger charge is 2.09. The molecule has 1 aromatic heterocycles. The number of nitrogens with zero attached hydrogens (tertiary/aromatic N) is 2. The molecule has 0 fully saturated rings. The Morgan fingerprint density at radius 1 is 1.00 bits per heavy atom. The molecule has 4 nitrogen and oxygen atoms in total. The van der Waals surface area contributed by atoms with Crippen LogP contribution in [0.2, 0.25) is 0 Å². The molecule has 2 aromatic carbocycles. The maximum Gasteiger partial charge on any atom is 0.130 e. The molecular weight excluding hydrogens is 296 g/mol. The second kappa shape index (κ2) is 7.42. The van der Waals surface area contributed by atoms with E-state index in [9.17, 15) is 0 Å². The van der Waals surface area contributed by atoms with Crippen molar-refractivity contribution >= 4 is 11.5 Å². The van der Waals surface area contributed by atoms with Gasteiger partial charge in [0.15, 0.2) is 0 Å². The van der Waals surface area contributed by atoms with Crippen molar-refractivity contribution in [3.63, 3.8) is 0 Å². The second-order valence-corrected chi connectivity index (χ2v) is 5.41. The van der Waals surface area contributed by atoms with Crippen molar-refractivity contribution in [2.24, 2.45) is 4.99 Å². The van der Waals surface area contributed by atoms with Crippen LogP contribution in [0.1, 0.15) is 11.3 Å². The summed E-state index contributed by atoms with van der Waals surface area (Å²) < 4.78 is 0. The number of benzene rings is 2. The van der Waals surface area contributed by atoms with E-state index in [4.69, 9.17) is 5.73 Å². The standard InChI is InChI=1S/C20H20N4/c1-22-20(24-14-17-9-5-6-12-23-17)18-13-16(10-11-19(18)21)15-7-3-2-4-8-15/h2-13H,14,21H2,1H3,(H,22,24). The zero-order chi connectivity index (χ0) is 16.8. The number of anilines is 1. The van der Waals surface area contributed by atoms with E-state index in [0.29, 0.717) is 12.2 Å². The molecule has 0 spiro atoms. The van der Waals surface area contributed by atoms with E-state index in [0.717, 1.165) is 28.2 Å². The van der Waals surface area contributed by atoms with Crippen molar-refractivity contribution in [2.75, 3.05) is 12.8 Å². The highest BCUT2D eigenvalue weighted by atomic mass is 15.0. The second-order valence-electron chi connectivity index (χ2n) is 5.41. The van der Waals surface area contributed by atoms with Crippen LogP contribution >= 0.6 is 0 Å². The minimum Gasteiger partial charge on any atom is -0.398 e.